The fourth-order valence-corrected chi connectivity index (χ4v) is 3.30. The van der Waals surface area contributed by atoms with E-state index in [1.54, 1.807) is 42.5 Å². The summed E-state index contributed by atoms with van der Waals surface area (Å²) in [5, 5.41) is 12.8. The van der Waals surface area contributed by atoms with Crippen molar-refractivity contribution in [3.8, 4) is 11.5 Å². The fourth-order valence-electron chi connectivity index (χ4n) is 3.30. The molecule has 1 aromatic heterocycles. The standard InChI is InChI=1S/C25H30N4O4/c1-5-32-22-15-20(27-25(31)21-13-18(28-29-21)12-16(3)4)23(33-6-2)14-19(22)26-24(30)17-10-8-7-9-11-17/h7-11,13-16H,5-6,12H2,1-4H3,(H,26,30)(H,27,31)(H,28,29). The van der Waals surface area contributed by atoms with Crippen LogP contribution < -0.4 is 20.1 Å². The normalized spacial score (nSPS) is 10.7. The number of nitrogens with zero attached hydrogens (tertiary/aromatic N) is 1. The second-order valence-electron chi connectivity index (χ2n) is 7.86. The zero-order valence-electron chi connectivity index (χ0n) is 19.4. The monoisotopic (exact) mass is 450 g/mol. The quantitative estimate of drug-likeness (QED) is 0.407. The van der Waals surface area contributed by atoms with Crippen LogP contribution >= 0.6 is 0 Å². The van der Waals surface area contributed by atoms with Gasteiger partial charge in [0.05, 0.1) is 24.6 Å². The van der Waals surface area contributed by atoms with Crippen molar-refractivity contribution in [3.63, 3.8) is 0 Å². The van der Waals surface area contributed by atoms with Gasteiger partial charge in [0.25, 0.3) is 11.8 Å². The first-order valence-corrected chi connectivity index (χ1v) is 11.1. The molecule has 0 saturated carbocycles. The Morgan fingerprint density at radius 1 is 0.909 bits per heavy atom. The SMILES string of the molecule is CCOc1cc(NC(=O)c2cc(CC(C)C)[nH]n2)c(OCC)cc1NC(=O)c1ccccc1. The van der Waals surface area contributed by atoms with Gasteiger partial charge in [-0.1, -0.05) is 32.0 Å². The van der Waals surface area contributed by atoms with E-state index in [1.807, 2.05) is 19.9 Å². The molecule has 0 aliphatic carbocycles. The summed E-state index contributed by atoms with van der Waals surface area (Å²) in [6.07, 6.45) is 0.800. The van der Waals surface area contributed by atoms with E-state index in [-0.39, 0.29) is 17.5 Å². The number of anilines is 2. The lowest BCUT2D eigenvalue weighted by Gasteiger charge is -2.17. The number of aromatic amines is 1. The molecule has 174 valence electrons. The summed E-state index contributed by atoms with van der Waals surface area (Å²) < 4.78 is 11.5. The maximum atomic E-state index is 12.8. The van der Waals surface area contributed by atoms with E-state index >= 15 is 0 Å². The van der Waals surface area contributed by atoms with Gasteiger partial charge in [0.2, 0.25) is 0 Å². The summed E-state index contributed by atoms with van der Waals surface area (Å²) >= 11 is 0. The van der Waals surface area contributed by atoms with Crippen LogP contribution in [-0.2, 0) is 6.42 Å². The van der Waals surface area contributed by atoms with E-state index in [2.05, 4.69) is 34.7 Å². The number of nitrogens with one attached hydrogen (secondary N) is 3. The maximum absolute atomic E-state index is 12.8. The number of carbonyl (C=O) groups is 2. The Hall–Kier alpha value is -3.81. The fraction of sp³-hybridized carbons (Fsp3) is 0.320. The van der Waals surface area contributed by atoms with Gasteiger partial charge in [0.1, 0.15) is 11.5 Å². The van der Waals surface area contributed by atoms with Gasteiger partial charge in [0, 0.05) is 23.4 Å². The van der Waals surface area contributed by atoms with Gasteiger partial charge in [-0.05, 0) is 44.4 Å². The molecule has 0 atom stereocenters. The molecule has 2 amide bonds. The van der Waals surface area contributed by atoms with Crippen molar-refractivity contribution in [2.24, 2.45) is 5.92 Å². The zero-order chi connectivity index (χ0) is 23.8. The Kier molecular flexibility index (Phi) is 8.07. The third kappa shape index (κ3) is 6.35. The van der Waals surface area contributed by atoms with Crippen LogP contribution in [0.4, 0.5) is 11.4 Å². The number of ether oxygens (including phenoxy) is 2. The minimum absolute atomic E-state index is 0.273. The molecule has 1 heterocycles. The van der Waals surface area contributed by atoms with Crippen molar-refractivity contribution < 1.29 is 19.1 Å². The largest absolute Gasteiger partial charge is 0.492 e. The maximum Gasteiger partial charge on any atom is 0.276 e. The van der Waals surface area contributed by atoms with Gasteiger partial charge >= 0.3 is 0 Å². The van der Waals surface area contributed by atoms with E-state index in [0.29, 0.717) is 47.6 Å². The molecule has 0 unspecified atom stereocenters. The van der Waals surface area contributed by atoms with E-state index < -0.39 is 0 Å². The lowest BCUT2D eigenvalue weighted by molar-refractivity contribution is 0.101. The van der Waals surface area contributed by atoms with Gasteiger partial charge in [-0.25, -0.2) is 0 Å². The van der Waals surface area contributed by atoms with Gasteiger partial charge in [-0.3, -0.25) is 14.7 Å². The van der Waals surface area contributed by atoms with Crippen LogP contribution in [0.25, 0.3) is 0 Å². The Morgan fingerprint density at radius 2 is 1.48 bits per heavy atom. The molecule has 3 aromatic rings. The highest BCUT2D eigenvalue weighted by Crippen LogP contribution is 2.37. The third-order valence-corrected chi connectivity index (χ3v) is 4.71. The smallest absolute Gasteiger partial charge is 0.276 e. The topological polar surface area (TPSA) is 105 Å². The summed E-state index contributed by atoms with van der Waals surface area (Å²) in [4.78, 5) is 25.5. The number of rotatable bonds is 10. The number of H-pyrrole nitrogens is 1. The second-order valence-corrected chi connectivity index (χ2v) is 7.86. The molecule has 0 aliphatic rings. The van der Waals surface area contributed by atoms with Crippen molar-refractivity contribution in [2.75, 3.05) is 23.8 Å². The molecule has 0 radical (unpaired) electrons. The summed E-state index contributed by atoms with van der Waals surface area (Å²) in [5.74, 6) is 0.632. The number of benzene rings is 2. The van der Waals surface area contributed by atoms with Crippen molar-refractivity contribution in [2.45, 2.75) is 34.1 Å². The molecule has 0 fully saturated rings. The lowest BCUT2D eigenvalue weighted by Crippen LogP contribution is -2.16. The number of aromatic nitrogens is 2. The highest BCUT2D eigenvalue weighted by atomic mass is 16.5. The van der Waals surface area contributed by atoms with Gasteiger partial charge < -0.3 is 20.1 Å². The zero-order valence-corrected chi connectivity index (χ0v) is 19.4. The molecular weight excluding hydrogens is 420 g/mol. The highest BCUT2D eigenvalue weighted by Gasteiger charge is 2.19. The van der Waals surface area contributed by atoms with E-state index in [1.165, 1.54) is 0 Å². The highest BCUT2D eigenvalue weighted by molar-refractivity contribution is 6.07. The predicted molar refractivity (Wildman–Crippen MR) is 128 cm³/mol. The predicted octanol–water partition coefficient (Wildman–Crippen LogP) is 4.91. The molecule has 0 saturated heterocycles. The number of hydrogen-bond acceptors (Lipinski definition) is 5. The van der Waals surface area contributed by atoms with Crippen molar-refractivity contribution in [1.82, 2.24) is 10.2 Å². The summed E-state index contributed by atoms with van der Waals surface area (Å²) in [5.41, 5.74) is 2.58. The van der Waals surface area contributed by atoms with Crippen molar-refractivity contribution >= 4 is 23.2 Å². The number of hydrogen-bond donors (Lipinski definition) is 3. The molecule has 33 heavy (non-hydrogen) atoms. The van der Waals surface area contributed by atoms with E-state index in [4.69, 9.17) is 9.47 Å². The molecule has 0 bridgehead atoms. The molecule has 2 aromatic carbocycles. The molecule has 3 rings (SSSR count). The van der Waals surface area contributed by atoms with E-state index in [9.17, 15) is 9.59 Å². The summed E-state index contributed by atoms with van der Waals surface area (Å²) in [6, 6.07) is 13.9. The van der Waals surface area contributed by atoms with Gasteiger partial charge in [-0.2, -0.15) is 5.10 Å². The van der Waals surface area contributed by atoms with Crippen molar-refractivity contribution in [3.05, 3.63) is 65.5 Å². The Balaban J connectivity index is 1.87. The molecule has 0 aliphatic heterocycles. The lowest BCUT2D eigenvalue weighted by atomic mass is 10.1. The van der Waals surface area contributed by atoms with Crippen LogP contribution in [0.15, 0.2) is 48.5 Å². The average molecular weight is 451 g/mol. The van der Waals surface area contributed by atoms with Crippen LogP contribution in [-0.4, -0.2) is 35.2 Å². The first-order chi connectivity index (χ1) is 15.9. The van der Waals surface area contributed by atoms with Crippen LogP contribution in [0.2, 0.25) is 0 Å². The van der Waals surface area contributed by atoms with Crippen LogP contribution in [0.3, 0.4) is 0 Å². The average Bonchev–Trinajstić information content (AvgIpc) is 3.25. The Morgan fingerprint density at radius 3 is 2.03 bits per heavy atom. The Labute approximate surface area is 193 Å². The summed E-state index contributed by atoms with van der Waals surface area (Å²) in [7, 11) is 0. The number of carbonyl (C=O) groups excluding carboxylic acids is 2. The molecule has 8 nitrogen and oxygen atoms in total. The Bertz CT molecular complexity index is 1090. The van der Waals surface area contributed by atoms with Crippen LogP contribution in [0.1, 0.15) is 54.2 Å². The number of amides is 2. The first-order valence-electron chi connectivity index (χ1n) is 11.1. The minimum Gasteiger partial charge on any atom is -0.492 e. The molecule has 8 heteroatoms. The van der Waals surface area contributed by atoms with Gasteiger partial charge in [-0.15, -0.1) is 0 Å². The summed E-state index contributed by atoms with van der Waals surface area (Å²) in [6.45, 7) is 8.65. The first kappa shape index (κ1) is 23.8. The van der Waals surface area contributed by atoms with Crippen LogP contribution in [0, 0.1) is 5.92 Å². The molecular formula is C25H30N4O4. The van der Waals surface area contributed by atoms with Crippen molar-refractivity contribution in [1.29, 1.82) is 0 Å². The third-order valence-electron chi connectivity index (χ3n) is 4.71. The molecule has 3 N–H and O–H groups in total. The second kappa shape index (κ2) is 11.2. The van der Waals surface area contributed by atoms with Crippen LogP contribution in [0.5, 0.6) is 11.5 Å². The molecule has 0 spiro atoms. The minimum atomic E-state index is -0.370. The van der Waals surface area contributed by atoms with E-state index in [0.717, 1.165) is 12.1 Å². The van der Waals surface area contributed by atoms with Gasteiger partial charge in [0.15, 0.2) is 5.69 Å².